The third-order valence-electron chi connectivity index (χ3n) is 3.64. The minimum Gasteiger partial charge on any atom is -1.00 e. The van der Waals surface area contributed by atoms with E-state index < -0.39 is 14.1 Å². The molecule has 0 saturated heterocycles. The first-order valence-corrected chi connectivity index (χ1v) is 12.1. The molecule has 133 valence electrons. The number of ether oxygens (including phenoxy) is 1. The molecule has 0 bridgehead atoms. The van der Waals surface area contributed by atoms with Crippen molar-refractivity contribution in [2.45, 2.75) is 59.0 Å². The molecule has 0 saturated carbocycles. The first-order valence-electron chi connectivity index (χ1n) is 7.92. The summed E-state index contributed by atoms with van der Waals surface area (Å²) in [6.45, 7) is 13.4. The van der Waals surface area contributed by atoms with Gasteiger partial charge in [0.2, 0.25) is 0 Å². The first-order chi connectivity index (χ1) is 10.0. The molecule has 0 heterocycles. The Morgan fingerprint density at radius 3 is 2.21 bits per heavy atom. The van der Waals surface area contributed by atoms with Crippen molar-refractivity contribution >= 4 is 8.32 Å². The maximum absolute atomic E-state index is 6.64. The van der Waals surface area contributed by atoms with E-state index in [1.165, 1.54) is 9.45 Å². The summed E-state index contributed by atoms with van der Waals surface area (Å²) >= 11 is 2.14. The average Bonchev–Trinajstić information content (AvgIpc) is 2.71. The van der Waals surface area contributed by atoms with Crippen LogP contribution in [0.4, 0.5) is 0 Å². The SMILES string of the molecule is CC(C)(C)C1=CC=CCC1(OC1=[C]([Ti+2])CC=C1)O[Si](C)(C)C.[Cl-].[Cl-]. The number of hydrogen-bond donors (Lipinski definition) is 0. The normalized spacial score (nSPS) is 23.6. The van der Waals surface area contributed by atoms with Crippen molar-refractivity contribution in [3.63, 3.8) is 0 Å². The predicted molar refractivity (Wildman–Crippen MR) is 90.3 cm³/mol. The quantitative estimate of drug-likeness (QED) is 0.437. The molecule has 0 aromatic heterocycles. The van der Waals surface area contributed by atoms with Crippen LogP contribution in [0.25, 0.3) is 0 Å². The van der Waals surface area contributed by atoms with E-state index in [0.29, 0.717) is 0 Å². The molecule has 2 aliphatic rings. The van der Waals surface area contributed by atoms with E-state index >= 15 is 0 Å². The van der Waals surface area contributed by atoms with Crippen molar-refractivity contribution in [2.75, 3.05) is 0 Å². The molecule has 0 fully saturated rings. The van der Waals surface area contributed by atoms with Gasteiger partial charge in [-0.3, -0.25) is 0 Å². The van der Waals surface area contributed by atoms with Gasteiger partial charge in [-0.2, -0.15) is 0 Å². The van der Waals surface area contributed by atoms with Gasteiger partial charge in [-0.05, 0) is 0 Å². The van der Waals surface area contributed by atoms with E-state index in [1.807, 2.05) is 0 Å². The Kier molecular flexibility index (Phi) is 8.83. The van der Waals surface area contributed by atoms with E-state index in [4.69, 9.17) is 9.16 Å². The van der Waals surface area contributed by atoms with Gasteiger partial charge in [0.25, 0.3) is 0 Å². The van der Waals surface area contributed by atoms with Crippen LogP contribution < -0.4 is 24.8 Å². The van der Waals surface area contributed by atoms with Crippen molar-refractivity contribution in [3.05, 3.63) is 45.6 Å². The summed E-state index contributed by atoms with van der Waals surface area (Å²) in [5.74, 6) is 0.312. The van der Waals surface area contributed by atoms with Gasteiger partial charge in [0.1, 0.15) is 0 Å². The van der Waals surface area contributed by atoms with Crippen LogP contribution in [0.1, 0.15) is 33.6 Å². The van der Waals surface area contributed by atoms with Crippen LogP contribution in [0.5, 0.6) is 0 Å². The average molecular weight is 422 g/mol. The zero-order valence-corrected chi connectivity index (χ0v) is 19.4. The topological polar surface area (TPSA) is 18.5 Å². The Hall–Kier alpha value is 0.231. The van der Waals surface area contributed by atoms with E-state index in [1.54, 1.807) is 0 Å². The second-order valence-corrected chi connectivity index (χ2v) is 13.4. The van der Waals surface area contributed by atoms with Crippen LogP contribution in [-0.2, 0) is 29.6 Å². The fourth-order valence-corrected chi connectivity index (χ4v) is 4.53. The van der Waals surface area contributed by atoms with Crippen molar-refractivity contribution in [2.24, 2.45) is 5.41 Å². The molecule has 1 unspecified atom stereocenters. The van der Waals surface area contributed by atoms with Gasteiger partial charge in [0.15, 0.2) is 0 Å². The smallest absolute Gasteiger partial charge is 1.00 e. The van der Waals surface area contributed by atoms with Crippen molar-refractivity contribution in [3.8, 4) is 0 Å². The minimum absolute atomic E-state index is 0. The predicted octanol–water partition coefficient (Wildman–Crippen LogP) is -0.790. The Morgan fingerprint density at radius 2 is 1.75 bits per heavy atom. The summed E-state index contributed by atoms with van der Waals surface area (Å²) in [4.78, 5) is 0. The first kappa shape index (κ1) is 24.2. The third kappa shape index (κ3) is 5.89. The Balaban J connectivity index is 0.00000264. The molecule has 24 heavy (non-hydrogen) atoms. The van der Waals surface area contributed by atoms with Crippen molar-refractivity contribution in [1.82, 2.24) is 0 Å². The van der Waals surface area contributed by atoms with Crippen molar-refractivity contribution < 1.29 is 54.4 Å². The Bertz CT molecular complexity index is 569. The number of allylic oxidation sites excluding steroid dienone is 5. The van der Waals surface area contributed by atoms with Crippen LogP contribution in [0.15, 0.2) is 45.6 Å². The van der Waals surface area contributed by atoms with Gasteiger partial charge in [-0.25, -0.2) is 0 Å². The zero-order valence-electron chi connectivity index (χ0n) is 15.4. The molecule has 0 N–H and O–H groups in total. The largest absolute Gasteiger partial charge is 1.00 e. The van der Waals surface area contributed by atoms with Gasteiger partial charge < -0.3 is 24.8 Å². The minimum atomic E-state index is -1.78. The van der Waals surface area contributed by atoms with Crippen LogP contribution >= 0.6 is 0 Å². The molecule has 0 aromatic carbocycles. The summed E-state index contributed by atoms with van der Waals surface area (Å²) in [6, 6.07) is 0. The Morgan fingerprint density at radius 1 is 1.12 bits per heavy atom. The fourth-order valence-electron chi connectivity index (χ4n) is 2.91. The molecule has 2 rings (SSSR count). The van der Waals surface area contributed by atoms with E-state index in [9.17, 15) is 0 Å². The molecular weight excluding hydrogens is 395 g/mol. The van der Waals surface area contributed by atoms with E-state index in [2.05, 4.69) is 91.2 Å². The van der Waals surface area contributed by atoms with Crippen LogP contribution in [0, 0.1) is 5.41 Å². The van der Waals surface area contributed by atoms with E-state index in [0.717, 1.165) is 18.6 Å². The van der Waals surface area contributed by atoms with Gasteiger partial charge in [0, 0.05) is 0 Å². The van der Waals surface area contributed by atoms with Gasteiger partial charge in [-0.1, -0.05) is 0 Å². The maximum atomic E-state index is 6.64. The van der Waals surface area contributed by atoms with Crippen LogP contribution in [-0.4, -0.2) is 14.1 Å². The summed E-state index contributed by atoms with van der Waals surface area (Å²) < 4.78 is 14.5. The molecule has 0 aliphatic heterocycles. The second kappa shape index (κ2) is 8.75. The summed E-state index contributed by atoms with van der Waals surface area (Å²) in [5.41, 5.74) is 1.23. The summed E-state index contributed by atoms with van der Waals surface area (Å²) in [7, 11) is -1.78. The van der Waals surface area contributed by atoms with Gasteiger partial charge in [0.05, 0.1) is 0 Å². The summed E-state index contributed by atoms with van der Waals surface area (Å²) in [5, 5.41) is 0. The summed E-state index contributed by atoms with van der Waals surface area (Å²) in [6.07, 6.45) is 12.5. The molecule has 0 aromatic rings. The fraction of sp³-hybridized carbons (Fsp3) is 0.556. The maximum Gasteiger partial charge on any atom is -1.00 e. The molecule has 0 amide bonds. The van der Waals surface area contributed by atoms with Crippen molar-refractivity contribution in [1.29, 1.82) is 0 Å². The molecule has 6 heteroatoms. The number of rotatable bonds is 4. The van der Waals surface area contributed by atoms with Crippen LogP contribution in [0.3, 0.4) is 0 Å². The molecule has 0 spiro atoms. The van der Waals surface area contributed by atoms with Crippen LogP contribution in [0.2, 0.25) is 19.6 Å². The molecule has 2 aliphatic carbocycles. The standard InChI is InChI=1S/C18H27O2Si.2ClH.Ti/c1-17(2,3)16-13-9-10-14-18(16,20-21(4,5)6)19-15-11-7-8-12-15;;;/h7,9-11,13H,8,14H2,1-6H3;2*1H;/q;;;+2/p-2. The number of halogens is 2. The number of hydrogen-bond acceptors (Lipinski definition) is 2. The zero-order chi connectivity index (χ0) is 16.6. The monoisotopic (exact) mass is 421 g/mol. The molecular formula is C18H27Cl2O2SiTi. The molecule has 0 radical (unpaired) electrons. The molecule has 1 atom stereocenters. The van der Waals surface area contributed by atoms with Gasteiger partial charge >= 0.3 is 148 Å². The Labute approximate surface area is 172 Å². The molecule has 2 nitrogen and oxygen atoms in total. The van der Waals surface area contributed by atoms with E-state index in [-0.39, 0.29) is 30.2 Å². The second-order valence-electron chi connectivity index (χ2n) is 7.98. The third-order valence-corrected chi connectivity index (χ3v) is 5.28. The van der Waals surface area contributed by atoms with Gasteiger partial charge in [-0.15, -0.1) is 0 Å².